The molecular weight excluding hydrogens is 150 g/mol. The zero-order valence-electron chi connectivity index (χ0n) is 6.49. The van der Waals surface area contributed by atoms with E-state index in [1.54, 1.807) is 0 Å². The molecule has 5 nitrogen and oxygen atoms in total. The second-order valence-corrected chi connectivity index (χ2v) is 1.92. The smallest absolute Gasteiger partial charge is 0.335 e. The van der Waals surface area contributed by atoms with Gasteiger partial charge in [0.25, 0.3) is 0 Å². The number of hydrogen-bond donors (Lipinski definition) is 1. The van der Waals surface area contributed by atoms with Gasteiger partial charge in [0, 0.05) is 7.11 Å². The molecule has 0 rings (SSSR count). The molecule has 0 fully saturated rings. The van der Waals surface area contributed by atoms with Gasteiger partial charge in [-0.25, -0.2) is 4.79 Å². The average molecular weight is 161 g/mol. The first-order chi connectivity index (χ1) is 5.11. The number of primary amides is 1. The Bertz CT molecular complexity index is 157. The first-order valence-electron chi connectivity index (χ1n) is 3.00. The summed E-state index contributed by atoms with van der Waals surface area (Å²) in [4.78, 5) is 21.0. The molecule has 1 unspecified atom stereocenters. The van der Waals surface area contributed by atoms with E-state index in [2.05, 4.69) is 9.47 Å². The van der Waals surface area contributed by atoms with Crippen molar-refractivity contribution in [3.8, 4) is 0 Å². The van der Waals surface area contributed by atoms with Crippen LogP contribution in [0.25, 0.3) is 0 Å². The van der Waals surface area contributed by atoms with Gasteiger partial charge >= 0.3 is 5.97 Å². The SMILES string of the molecule is COC(=O)C(CC(N)=O)OC. The number of ether oxygens (including phenoxy) is 2. The quantitative estimate of drug-likeness (QED) is 0.539. The van der Waals surface area contributed by atoms with Crippen LogP contribution in [0.5, 0.6) is 0 Å². The van der Waals surface area contributed by atoms with Crippen LogP contribution in [0.4, 0.5) is 0 Å². The van der Waals surface area contributed by atoms with Gasteiger partial charge in [0.15, 0.2) is 6.10 Å². The molecule has 0 spiro atoms. The number of methoxy groups -OCH3 is 2. The Labute approximate surface area is 64.5 Å². The molecule has 0 saturated carbocycles. The normalized spacial score (nSPS) is 12.2. The van der Waals surface area contributed by atoms with E-state index in [-0.39, 0.29) is 6.42 Å². The molecule has 11 heavy (non-hydrogen) atoms. The summed E-state index contributed by atoms with van der Waals surface area (Å²) in [6.45, 7) is 0. The van der Waals surface area contributed by atoms with E-state index in [1.165, 1.54) is 14.2 Å². The van der Waals surface area contributed by atoms with E-state index in [0.717, 1.165) is 0 Å². The molecule has 0 saturated heterocycles. The summed E-state index contributed by atoms with van der Waals surface area (Å²) < 4.78 is 8.97. The molecule has 2 N–H and O–H groups in total. The standard InChI is InChI=1S/C6H11NO4/c1-10-4(3-5(7)8)6(9)11-2/h4H,3H2,1-2H3,(H2,7,8). The minimum atomic E-state index is -0.877. The molecular formula is C6H11NO4. The van der Waals surface area contributed by atoms with Crippen molar-refractivity contribution in [1.29, 1.82) is 0 Å². The van der Waals surface area contributed by atoms with Crippen molar-refractivity contribution in [3.05, 3.63) is 0 Å². The predicted molar refractivity (Wildman–Crippen MR) is 36.6 cm³/mol. The van der Waals surface area contributed by atoms with Crippen molar-refractivity contribution < 1.29 is 19.1 Å². The van der Waals surface area contributed by atoms with Crippen molar-refractivity contribution in [3.63, 3.8) is 0 Å². The van der Waals surface area contributed by atoms with E-state index < -0.39 is 18.0 Å². The van der Waals surface area contributed by atoms with Crippen LogP contribution < -0.4 is 5.73 Å². The third kappa shape index (κ3) is 3.57. The third-order valence-corrected chi connectivity index (χ3v) is 1.14. The largest absolute Gasteiger partial charge is 0.467 e. The molecule has 0 aromatic heterocycles. The molecule has 64 valence electrons. The van der Waals surface area contributed by atoms with E-state index in [9.17, 15) is 9.59 Å². The minimum Gasteiger partial charge on any atom is -0.467 e. The third-order valence-electron chi connectivity index (χ3n) is 1.14. The van der Waals surface area contributed by atoms with E-state index in [1.807, 2.05) is 0 Å². The second-order valence-electron chi connectivity index (χ2n) is 1.92. The van der Waals surface area contributed by atoms with Crippen molar-refractivity contribution in [2.45, 2.75) is 12.5 Å². The fourth-order valence-electron chi connectivity index (χ4n) is 0.577. The molecule has 0 aliphatic heterocycles. The lowest BCUT2D eigenvalue weighted by atomic mass is 10.2. The van der Waals surface area contributed by atoms with Crippen LogP contribution in [0, 0.1) is 0 Å². The average Bonchev–Trinajstić information content (AvgIpc) is 1.98. The lowest BCUT2D eigenvalue weighted by molar-refractivity contribution is -0.154. The molecule has 0 aliphatic carbocycles. The summed E-state index contributed by atoms with van der Waals surface area (Å²) >= 11 is 0. The first-order valence-corrected chi connectivity index (χ1v) is 3.00. The molecule has 5 heteroatoms. The lowest BCUT2D eigenvalue weighted by Crippen LogP contribution is -2.29. The Morgan fingerprint density at radius 2 is 2.00 bits per heavy atom. The highest BCUT2D eigenvalue weighted by Gasteiger charge is 2.20. The number of rotatable bonds is 4. The Morgan fingerprint density at radius 1 is 1.45 bits per heavy atom. The van der Waals surface area contributed by atoms with E-state index in [4.69, 9.17) is 5.73 Å². The molecule has 0 aliphatic rings. The Balaban J connectivity index is 3.94. The van der Waals surface area contributed by atoms with Crippen LogP contribution in [0.3, 0.4) is 0 Å². The van der Waals surface area contributed by atoms with E-state index >= 15 is 0 Å². The Morgan fingerprint density at radius 3 is 2.27 bits per heavy atom. The maximum absolute atomic E-state index is 10.7. The van der Waals surface area contributed by atoms with Gasteiger partial charge in [0.2, 0.25) is 5.91 Å². The Hall–Kier alpha value is -1.10. The van der Waals surface area contributed by atoms with Crippen molar-refractivity contribution in [2.24, 2.45) is 5.73 Å². The van der Waals surface area contributed by atoms with Gasteiger partial charge in [-0.15, -0.1) is 0 Å². The molecule has 0 aromatic carbocycles. The van der Waals surface area contributed by atoms with Gasteiger partial charge in [0.1, 0.15) is 0 Å². The van der Waals surface area contributed by atoms with Crippen molar-refractivity contribution in [1.82, 2.24) is 0 Å². The summed E-state index contributed by atoms with van der Waals surface area (Å²) in [6, 6.07) is 0. The number of esters is 1. The maximum atomic E-state index is 10.7. The van der Waals surface area contributed by atoms with Crippen LogP contribution in [-0.2, 0) is 19.1 Å². The molecule has 0 bridgehead atoms. The van der Waals surface area contributed by atoms with E-state index in [0.29, 0.717) is 0 Å². The number of carbonyl (C=O) groups excluding carboxylic acids is 2. The van der Waals surface area contributed by atoms with Gasteiger partial charge < -0.3 is 15.2 Å². The van der Waals surface area contributed by atoms with Gasteiger partial charge in [-0.2, -0.15) is 0 Å². The van der Waals surface area contributed by atoms with Crippen molar-refractivity contribution >= 4 is 11.9 Å². The number of carbonyl (C=O) groups is 2. The molecule has 0 radical (unpaired) electrons. The van der Waals surface area contributed by atoms with Crippen LogP contribution in [0.2, 0.25) is 0 Å². The molecule has 0 heterocycles. The highest BCUT2D eigenvalue weighted by atomic mass is 16.6. The zero-order valence-corrected chi connectivity index (χ0v) is 6.49. The highest BCUT2D eigenvalue weighted by Crippen LogP contribution is 1.97. The first kappa shape index (κ1) is 9.90. The molecule has 1 amide bonds. The van der Waals surface area contributed by atoms with Crippen LogP contribution in [0.1, 0.15) is 6.42 Å². The van der Waals surface area contributed by atoms with Crippen molar-refractivity contribution in [2.75, 3.05) is 14.2 Å². The summed E-state index contributed by atoms with van der Waals surface area (Å²) in [5.41, 5.74) is 4.83. The van der Waals surface area contributed by atoms with Gasteiger partial charge in [-0.1, -0.05) is 0 Å². The monoisotopic (exact) mass is 161 g/mol. The zero-order chi connectivity index (χ0) is 8.85. The predicted octanol–water partition coefficient (Wildman–Crippen LogP) is -0.950. The summed E-state index contributed by atoms with van der Waals surface area (Å²) in [6.07, 6.45) is -1.03. The highest BCUT2D eigenvalue weighted by molar-refractivity contribution is 5.83. The molecule has 0 aromatic rings. The topological polar surface area (TPSA) is 78.6 Å². The van der Waals surface area contributed by atoms with Crippen LogP contribution in [-0.4, -0.2) is 32.2 Å². The second kappa shape index (κ2) is 4.68. The minimum absolute atomic E-state index is 0.150. The summed E-state index contributed by atoms with van der Waals surface area (Å²) in [5.74, 6) is -1.19. The number of amides is 1. The van der Waals surface area contributed by atoms with Crippen LogP contribution in [0.15, 0.2) is 0 Å². The maximum Gasteiger partial charge on any atom is 0.335 e. The molecule has 1 atom stereocenters. The Kier molecular flexibility index (Phi) is 4.21. The van der Waals surface area contributed by atoms with Gasteiger partial charge in [-0.05, 0) is 0 Å². The van der Waals surface area contributed by atoms with Crippen LogP contribution >= 0.6 is 0 Å². The number of nitrogens with two attached hydrogens (primary N) is 1. The lowest BCUT2D eigenvalue weighted by Gasteiger charge is -2.09. The van der Waals surface area contributed by atoms with Gasteiger partial charge in [0.05, 0.1) is 13.5 Å². The summed E-state index contributed by atoms with van der Waals surface area (Å²) in [5, 5.41) is 0. The number of hydrogen-bond acceptors (Lipinski definition) is 4. The fourth-order valence-corrected chi connectivity index (χ4v) is 0.577. The van der Waals surface area contributed by atoms with Gasteiger partial charge in [-0.3, -0.25) is 4.79 Å². The summed E-state index contributed by atoms with van der Waals surface area (Å²) in [7, 11) is 2.53. The fraction of sp³-hybridized carbons (Fsp3) is 0.667.